The maximum Gasteiger partial charge on any atom is 0.345 e. The van der Waals surface area contributed by atoms with Crippen LogP contribution in [0.25, 0.3) is 5.65 Å². The van der Waals surface area contributed by atoms with Gasteiger partial charge in [-0.25, -0.2) is 23.2 Å². The van der Waals surface area contributed by atoms with Crippen molar-refractivity contribution in [2.45, 2.75) is 10.9 Å². The Kier molecular flexibility index (Phi) is 4.01. The molecule has 3 heterocycles. The standard InChI is InChI=1S/C13H13ClN6O3S/c1-18(2)13(21)20-8-15-12(17-20)24(22,23)7-9-11(14)19-6-4-3-5-10(19)16-9/h3-6,8H,7H2,1-2H3. The van der Waals surface area contributed by atoms with Gasteiger partial charge in [0.15, 0.2) is 0 Å². The molecule has 9 nitrogen and oxygen atoms in total. The van der Waals surface area contributed by atoms with Gasteiger partial charge in [0.25, 0.3) is 5.16 Å². The predicted octanol–water partition coefficient (Wildman–Crippen LogP) is 1.08. The Hall–Kier alpha value is -2.46. The zero-order valence-corrected chi connectivity index (χ0v) is 14.4. The molecule has 3 aromatic rings. The smallest absolute Gasteiger partial charge is 0.329 e. The van der Waals surface area contributed by atoms with Crippen molar-refractivity contribution in [1.29, 1.82) is 0 Å². The number of halogens is 1. The predicted molar refractivity (Wildman–Crippen MR) is 85.6 cm³/mol. The Morgan fingerprint density at radius 2 is 2.08 bits per heavy atom. The van der Waals surface area contributed by atoms with E-state index in [1.807, 2.05) is 0 Å². The summed E-state index contributed by atoms with van der Waals surface area (Å²) in [5.74, 6) is -0.465. The Morgan fingerprint density at radius 3 is 2.75 bits per heavy atom. The number of amides is 1. The fourth-order valence-electron chi connectivity index (χ4n) is 2.04. The molecule has 126 valence electrons. The average molecular weight is 369 g/mol. The molecule has 0 radical (unpaired) electrons. The lowest BCUT2D eigenvalue weighted by Crippen LogP contribution is -2.27. The molecule has 24 heavy (non-hydrogen) atoms. The minimum absolute atomic E-state index is 0.193. The first-order valence-electron chi connectivity index (χ1n) is 6.77. The molecule has 0 aliphatic rings. The summed E-state index contributed by atoms with van der Waals surface area (Å²) in [7, 11) is -0.851. The molecule has 0 unspecified atom stereocenters. The molecule has 0 saturated heterocycles. The molecule has 0 N–H and O–H groups in total. The van der Waals surface area contributed by atoms with Crippen LogP contribution in [-0.2, 0) is 15.6 Å². The van der Waals surface area contributed by atoms with Crippen LogP contribution in [0.5, 0.6) is 0 Å². The fourth-order valence-corrected chi connectivity index (χ4v) is 3.48. The van der Waals surface area contributed by atoms with E-state index in [1.165, 1.54) is 19.0 Å². The molecular formula is C13H13ClN6O3S. The minimum atomic E-state index is -3.90. The summed E-state index contributed by atoms with van der Waals surface area (Å²) in [5, 5.41) is 3.49. The van der Waals surface area contributed by atoms with Crippen LogP contribution in [0.3, 0.4) is 0 Å². The Balaban J connectivity index is 1.93. The van der Waals surface area contributed by atoms with E-state index in [4.69, 9.17) is 11.6 Å². The third kappa shape index (κ3) is 2.85. The maximum atomic E-state index is 12.5. The van der Waals surface area contributed by atoms with Crippen molar-refractivity contribution >= 4 is 33.1 Å². The number of sulfone groups is 1. The number of aromatic nitrogens is 5. The molecule has 0 saturated carbocycles. The van der Waals surface area contributed by atoms with Gasteiger partial charge < -0.3 is 4.90 Å². The number of carbonyl (C=O) groups excluding carboxylic acids is 1. The molecule has 3 aromatic heterocycles. The molecule has 0 atom stereocenters. The van der Waals surface area contributed by atoms with Gasteiger partial charge in [-0.2, -0.15) is 4.68 Å². The van der Waals surface area contributed by atoms with Crippen LogP contribution >= 0.6 is 11.6 Å². The highest BCUT2D eigenvalue weighted by atomic mass is 35.5. The second-order valence-electron chi connectivity index (χ2n) is 5.19. The quantitative estimate of drug-likeness (QED) is 0.685. The van der Waals surface area contributed by atoms with E-state index in [0.29, 0.717) is 5.65 Å². The van der Waals surface area contributed by atoms with Gasteiger partial charge in [0.2, 0.25) is 9.84 Å². The van der Waals surface area contributed by atoms with Crippen LogP contribution in [-0.4, -0.2) is 57.6 Å². The van der Waals surface area contributed by atoms with E-state index in [2.05, 4.69) is 15.1 Å². The lowest BCUT2D eigenvalue weighted by molar-refractivity contribution is 0.215. The van der Waals surface area contributed by atoms with Gasteiger partial charge in [-0.3, -0.25) is 4.40 Å². The van der Waals surface area contributed by atoms with Crippen LogP contribution in [0.15, 0.2) is 35.9 Å². The molecule has 0 aliphatic heterocycles. The van der Waals surface area contributed by atoms with Crippen molar-refractivity contribution in [2.24, 2.45) is 0 Å². The van der Waals surface area contributed by atoms with Gasteiger partial charge in [-0.1, -0.05) is 17.7 Å². The van der Waals surface area contributed by atoms with Crippen LogP contribution in [0, 0.1) is 0 Å². The number of nitrogens with zero attached hydrogens (tertiary/aromatic N) is 6. The molecule has 3 rings (SSSR count). The van der Waals surface area contributed by atoms with Crippen molar-refractivity contribution in [2.75, 3.05) is 14.1 Å². The van der Waals surface area contributed by atoms with Crippen LogP contribution < -0.4 is 0 Å². The van der Waals surface area contributed by atoms with Crippen molar-refractivity contribution in [3.05, 3.63) is 41.6 Å². The van der Waals surface area contributed by atoms with Crippen molar-refractivity contribution in [3.63, 3.8) is 0 Å². The van der Waals surface area contributed by atoms with E-state index in [-0.39, 0.29) is 10.8 Å². The van der Waals surface area contributed by atoms with Crippen LogP contribution in [0.2, 0.25) is 5.15 Å². The lowest BCUT2D eigenvalue weighted by Gasteiger charge is -2.07. The molecule has 0 bridgehead atoms. The minimum Gasteiger partial charge on any atom is -0.329 e. The summed E-state index contributed by atoms with van der Waals surface area (Å²) in [4.78, 5) is 20.9. The molecule has 0 fully saturated rings. The van der Waals surface area contributed by atoms with Crippen LogP contribution in [0.4, 0.5) is 4.79 Å². The van der Waals surface area contributed by atoms with Gasteiger partial charge in [0.1, 0.15) is 22.9 Å². The molecule has 1 amide bonds. The topological polar surface area (TPSA) is 102 Å². The number of pyridine rings is 1. The van der Waals surface area contributed by atoms with Crippen molar-refractivity contribution in [1.82, 2.24) is 29.0 Å². The van der Waals surface area contributed by atoms with Crippen LogP contribution in [0.1, 0.15) is 5.69 Å². The van der Waals surface area contributed by atoms with E-state index in [1.54, 1.807) is 28.8 Å². The highest BCUT2D eigenvalue weighted by molar-refractivity contribution is 7.90. The third-order valence-corrected chi connectivity index (χ3v) is 4.99. The van der Waals surface area contributed by atoms with E-state index < -0.39 is 26.8 Å². The van der Waals surface area contributed by atoms with Gasteiger partial charge in [0.05, 0.1) is 5.69 Å². The van der Waals surface area contributed by atoms with Gasteiger partial charge >= 0.3 is 6.03 Å². The maximum absolute atomic E-state index is 12.5. The number of hydrogen-bond donors (Lipinski definition) is 0. The summed E-state index contributed by atoms with van der Waals surface area (Å²) in [6, 6.07) is 4.74. The van der Waals surface area contributed by atoms with E-state index >= 15 is 0 Å². The monoisotopic (exact) mass is 368 g/mol. The van der Waals surface area contributed by atoms with Gasteiger partial charge in [0, 0.05) is 20.3 Å². The number of imidazole rings is 1. The number of carbonyl (C=O) groups is 1. The summed E-state index contributed by atoms with van der Waals surface area (Å²) in [5.41, 5.74) is 0.729. The first-order chi connectivity index (χ1) is 11.3. The zero-order valence-electron chi connectivity index (χ0n) is 12.8. The summed E-state index contributed by atoms with van der Waals surface area (Å²) in [6.45, 7) is 0. The Bertz CT molecular complexity index is 1020. The lowest BCUT2D eigenvalue weighted by atomic mass is 10.5. The second-order valence-corrected chi connectivity index (χ2v) is 7.43. The number of fused-ring (bicyclic) bond motifs is 1. The fraction of sp³-hybridized carbons (Fsp3) is 0.231. The normalized spacial score (nSPS) is 11.8. The van der Waals surface area contributed by atoms with Gasteiger partial charge in [-0.05, 0) is 12.1 Å². The molecule has 11 heteroatoms. The van der Waals surface area contributed by atoms with E-state index in [9.17, 15) is 13.2 Å². The molecular weight excluding hydrogens is 356 g/mol. The summed E-state index contributed by atoms with van der Waals surface area (Å²) in [6.07, 6.45) is 2.74. The van der Waals surface area contributed by atoms with E-state index in [0.717, 1.165) is 11.0 Å². The highest BCUT2D eigenvalue weighted by Crippen LogP contribution is 2.22. The highest BCUT2D eigenvalue weighted by Gasteiger charge is 2.25. The molecule has 0 aromatic carbocycles. The third-order valence-electron chi connectivity index (χ3n) is 3.19. The Morgan fingerprint density at radius 1 is 1.33 bits per heavy atom. The molecule has 0 aliphatic carbocycles. The number of hydrogen-bond acceptors (Lipinski definition) is 6. The SMILES string of the molecule is CN(C)C(=O)n1cnc(S(=O)(=O)Cc2nc3ccccn3c2Cl)n1. The van der Waals surface area contributed by atoms with Gasteiger partial charge in [-0.15, -0.1) is 5.10 Å². The zero-order chi connectivity index (χ0) is 17.5. The Labute approximate surface area is 142 Å². The first kappa shape index (κ1) is 16.4. The first-order valence-corrected chi connectivity index (χ1v) is 8.80. The molecule has 0 spiro atoms. The summed E-state index contributed by atoms with van der Waals surface area (Å²) < 4.78 is 27.4. The van der Waals surface area contributed by atoms with Crippen molar-refractivity contribution in [3.8, 4) is 0 Å². The largest absolute Gasteiger partial charge is 0.345 e. The average Bonchev–Trinajstić information content (AvgIpc) is 3.13. The number of rotatable bonds is 3. The second kappa shape index (κ2) is 5.87. The van der Waals surface area contributed by atoms with Crippen molar-refractivity contribution < 1.29 is 13.2 Å². The summed E-state index contributed by atoms with van der Waals surface area (Å²) >= 11 is 6.18.